The van der Waals surface area contributed by atoms with Crippen molar-refractivity contribution in [3.05, 3.63) is 11.9 Å². The molecule has 24 heavy (non-hydrogen) atoms. The predicted octanol–water partition coefficient (Wildman–Crippen LogP) is 5.06. The second-order valence-corrected chi connectivity index (χ2v) is 7.47. The first-order valence-electron chi connectivity index (χ1n) is 10.5. The lowest BCUT2D eigenvalue weighted by molar-refractivity contribution is 0.436. The SMILES string of the molecule is CCCCCCCCCCNCCn1cc(C2CCCCC2)nn1. The molecule has 0 saturated heterocycles. The summed E-state index contributed by atoms with van der Waals surface area (Å²) in [5, 5.41) is 12.2. The zero-order valence-electron chi connectivity index (χ0n) is 15.8. The standard InChI is InChI=1S/C20H38N4/c1-2-3-4-5-6-7-8-12-15-21-16-17-24-18-20(22-23-24)19-13-10-9-11-14-19/h18-19,21H,2-17H2,1H3. The number of hydrogen-bond donors (Lipinski definition) is 1. The molecule has 0 aromatic carbocycles. The van der Waals surface area contributed by atoms with Gasteiger partial charge in [0.25, 0.3) is 0 Å². The van der Waals surface area contributed by atoms with Crippen molar-refractivity contribution in [1.29, 1.82) is 0 Å². The van der Waals surface area contributed by atoms with E-state index in [2.05, 4.69) is 28.7 Å². The van der Waals surface area contributed by atoms with E-state index in [-0.39, 0.29) is 0 Å². The van der Waals surface area contributed by atoms with E-state index < -0.39 is 0 Å². The zero-order chi connectivity index (χ0) is 16.9. The number of rotatable bonds is 13. The Morgan fingerprint density at radius 2 is 1.67 bits per heavy atom. The minimum absolute atomic E-state index is 0.665. The number of aromatic nitrogens is 3. The van der Waals surface area contributed by atoms with Crippen molar-refractivity contribution in [3.63, 3.8) is 0 Å². The van der Waals surface area contributed by atoms with E-state index in [4.69, 9.17) is 0 Å². The molecule has 1 aliphatic rings. The van der Waals surface area contributed by atoms with Gasteiger partial charge in [-0.05, 0) is 25.8 Å². The van der Waals surface area contributed by atoms with Gasteiger partial charge in [0, 0.05) is 18.7 Å². The molecule has 1 aromatic heterocycles. The third kappa shape index (κ3) is 7.78. The molecule has 0 unspecified atom stereocenters. The van der Waals surface area contributed by atoms with Crippen molar-refractivity contribution < 1.29 is 0 Å². The Morgan fingerprint density at radius 3 is 2.42 bits per heavy atom. The van der Waals surface area contributed by atoms with E-state index in [1.54, 1.807) is 0 Å². The Labute approximate surface area is 148 Å². The third-order valence-electron chi connectivity index (χ3n) is 5.30. The molecule has 4 heteroatoms. The average molecular weight is 335 g/mol. The number of nitrogens with one attached hydrogen (secondary N) is 1. The quantitative estimate of drug-likeness (QED) is 0.513. The number of nitrogens with zero attached hydrogens (tertiary/aromatic N) is 3. The molecule has 0 aliphatic heterocycles. The molecule has 0 radical (unpaired) electrons. The van der Waals surface area contributed by atoms with Crippen LogP contribution in [0.15, 0.2) is 6.20 Å². The molecule has 4 nitrogen and oxygen atoms in total. The van der Waals surface area contributed by atoms with Crippen LogP contribution in [-0.4, -0.2) is 28.1 Å². The van der Waals surface area contributed by atoms with Gasteiger partial charge in [-0.25, -0.2) is 0 Å². The maximum Gasteiger partial charge on any atom is 0.0857 e. The van der Waals surface area contributed by atoms with Crippen LogP contribution in [0.25, 0.3) is 0 Å². The maximum atomic E-state index is 4.40. The molecule has 1 aliphatic carbocycles. The van der Waals surface area contributed by atoms with Crippen molar-refractivity contribution in [3.8, 4) is 0 Å². The molecule has 2 rings (SSSR count). The van der Waals surface area contributed by atoms with Crippen LogP contribution in [0.5, 0.6) is 0 Å². The normalized spacial score (nSPS) is 15.9. The summed E-state index contributed by atoms with van der Waals surface area (Å²) in [5.74, 6) is 0.665. The van der Waals surface area contributed by atoms with E-state index >= 15 is 0 Å². The van der Waals surface area contributed by atoms with Crippen LogP contribution < -0.4 is 5.32 Å². The Bertz CT molecular complexity index is 410. The van der Waals surface area contributed by atoms with Crippen LogP contribution in [0.2, 0.25) is 0 Å². The van der Waals surface area contributed by atoms with E-state index in [1.165, 1.54) is 89.2 Å². The molecule has 1 fully saturated rings. The lowest BCUT2D eigenvalue weighted by atomic mass is 9.87. The van der Waals surface area contributed by atoms with Crippen LogP contribution in [0.1, 0.15) is 102 Å². The van der Waals surface area contributed by atoms with Gasteiger partial charge in [-0.1, -0.05) is 76.3 Å². The lowest BCUT2D eigenvalue weighted by Gasteiger charge is -2.18. The first kappa shape index (κ1) is 19.4. The minimum atomic E-state index is 0.665. The van der Waals surface area contributed by atoms with E-state index in [1.807, 2.05) is 4.68 Å². The van der Waals surface area contributed by atoms with Gasteiger partial charge in [0.2, 0.25) is 0 Å². The van der Waals surface area contributed by atoms with Crippen molar-refractivity contribution in [2.45, 2.75) is 103 Å². The molecular formula is C20H38N4. The van der Waals surface area contributed by atoms with E-state index in [0.29, 0.717) is 5.92 Å². The summed E-state index contributed by atoms with van der Waals surface area (Å²) in [7, 11) is 0. The summed E-state index contributed by atoms with van der Waals surface area (Å²) in [6.45, 7) is 5.36. The average Bonchev–Trinajstić information content (AvgIpc) is 3.09. The highest BCUT2D eigenvalue weighted by Gasteiger charge is 2.18. The highest BCUT2D eigenvalue weighted by atomic mass is 15.4. The Balaban J connectivity index is 1.44. The predicted molar refractivity (Wildman–Crippen MR) is 101 cm³/mol. The zero-order valence-corrected chi connectivity index (χ0v) is 15.8. The van der Waals surface area contributed by atoms with Gasteiger partial charge in [0.05, 0.1) is 12.2 Å². The van der Waals surface area contributed by atoms with Crippen molar-refractivity contribution >= 4 is 0 Å². The Hall–Kier alpha value is -0.900. The highest BCUT2D eigenvalue weighted by molar-refractivity contribution is 5.02. The molecule has 0 amide bonds. The van der Waals surface area contributed by atoms with Crippen LogP contribution in [0.3, 0.4) is 0 Å². The Morgan fingerprint density at radius 1 is 0.958 bits per heavy atom. The van der Waals surface area contributed by atoms with Crippen LogP contribution >= 0.6 is 0 Å². The van der Waals surface area contributed by atoms with Gasteiger partial charge in [0.15, 0.2) is 0 Å². The fraction of sp³-hybridized carbons (Fsp3) is 0.900. The van der Waals surface area contributed by atoms with Gasteiger partial charge in [-0.3, -0.25) is 4.68 Å². The summed E-state index contributed by atoms with van der Waals surface area (Å²) >= 11 is 0. The monoisotopic (exact) mass is 334 g/mol. The fourth-order valence-electron chi connectivity index (χ4n) is 3.71. The van der Waals surface area contributed by atoms with Crippen LogP contribution in [0, 0.1) is 0 Å². The van der Waals surface area contributed by atoms with Gasteiger partial charge >= 0.3 is 0 Å². The van der Waals surface area contributed by atoms with Crippen molar-refractivity contribution in [2.24, 2.45) is 0 Å². The summed E-state index contributed by atoms with van der Waals surface area (Å²) < 4.78 is 2.02. The maximum absolute atomic E-state index is 4.40. The van der Waals surface area contributed by atoms with Crippen molar-refractivity contribution in [2.75, 3.05) is 13.1 Å². The number of unbranched alkanes of at least 4 members (excludes halogenated alkanes) is 7. The molecule has 0 spiro atoms. The molecule has 1 N–H and O–H groups in total. The van der Waals surface area contributed by atoms with Gasteiger partial charge in [-0.2, -0.15) is 0 Å². The molecule has 1 saturated carbocycles. The van der Waals surface area contributed by atoms with Gasteiger partial charge in [0.1, 0.15) is 0 Å². The largest absolute Gasteiger partial charge is 0.315 e. The van der Waals surface area contributed by atoms with Crippen LogP contribution in [-0.2, 0) is 6.54 Å². The summed E-state index contributed by atoms with van der Waals surface area (Å²) in [4.78, 5) is 0. The smallest absolute Gasteiger partial charge is 0.0857 e. The first-order chi connectivity index (χ1) is 11.9. The lowest BCUT2D eigenvalue weighted by Crippen LogP contribution is -2.21. The second-order valence-electron chi connectivity index (χ2n) is 7.47. The summed E-state index contributed by atoms with van der Waals surface area (Å²) in [5.41, 5.74) is 1.22. The van der Waals surface area contributed by atoms with Crippen molar-refractivity contribution in [1.82, 2.24) is 20.3 Å². The second kappa shape index (κ2) is 12.5. The summed E-state index contributed by atoms with van der Waals surface area (Å²) in [6, 6.07) is 0. The minimum Gasteiger partial charge on any atom is -0.315 e. The van der Waals surface area contributed by atoms with Gasteiger partial charge < -0.3 is 5.32 Å². The van der Waals surface area contributed by atoms with E-state index in [9.17, 15) is 0 Å². The van der Waals surface area contributed by atoms with E-state index in [0.717, 1.165) is 19.6 Å². The molecule has 0 atom stereocenters. The van der Waals surface area contributed by atoms with Gasteiger partial charge in [-0.15, -0.1) is 5.10 Å². The third-order valence-corrected chi connectivity index (χ3v) is 5.30. The molecule has 138 valence electrons. The highest BCUT2D eigenvalue weighted by Crippen LogP contribution is 2.30. The van der Waals surface area contributed by atoms with Crippen LogP contribution in [0.4, 0.5) is 0 Å². The summed E-state index contributed by atoms with van der Waals surface area (Å²) in [6.07, 6.45) is 20.0. The molecule has 0 bridgehead atoms. The topological polar surface area (TPSA) is 42.7 Å². The first-order valence-corrected chi connectivity index (χ1v) is 10.5. The molecular weight excluding hydrogens is 296 g/mol. The number of hydrogen-bond acceptors (Lipinski definition) is 3. The Kier molecular flexibility index (Phi) is 10.1. The molecule has 1 aromatic rings. The fourth-order valence-corrected chi connectivity index (χ4v) is 3.71. The molecule has 1 heterocycles.